The summed E-state index contributed by atoms with van der Waals surface area (Å²) < 4.78 is 4.89. The van der Waals surface area contributed by atoms with Crippen LogP contribution in [-0.4, -0.2) is 18.9 Å². The molecular weight excluding hydrogens is 300 g/mol. The van der Waals surface area contributed by atoms with Crippen molar-refractivity contribution < 1.29 is 14.3 Å². The van der Waals surface area contributed by atoms with E-state index in [0.717, 1.165) is 39.0 Å². The van der Waals surface area contributed by atoms with Crippen LogP contribution in [0.4, 0.5) is 0 Å². The molecule has 3 heteroatoms. The van der Waals surface area contributed by atoms with Gasteiger partial charge in [0.05, 0.1) is 12.7 Å². The molecule has 3 rings (SSSR count). The molecule has 2 aromatic carbocycles. The number of aryl methyl sites for hydroxylation is 2. The Balaban J connectivity index is 2.10. The maximum Gasteiger partial charge on any atom is 0.338 e. The molecule has 0 unspecified atom stereocenters. The van der Waals surface area contributed by atoms with Crippen LogP contribution in [0.1, 0.15) is 48.5 Å². The van der Waals surface area contributed by atoms with Gasteiger partial charge in [-0.1, -0.05) is 30.3 Å². The highest BCUT2D eigenvalue weighted by Crippen LogP contribution is 2.32. The van der Waals surface area contributed by atoms with Gasteiger partial charge in [-0.25, -0.2) is 4.79 Å². The molecule has 0 amide bonds. The first-order valence-corrected chi connectivity index (χ1v) is 7.96. The highest BCUT2D eigenvalue weighted by atomic mass is 16.5. The Hall–Kier alpha value is -2.68. The monoisotopic (exact) mass is 320 g/mol. The van der Waals surface area contributed by atoms with E-state index >= 15 is 0 Å². The van der Waals surface area contributed by atoms with E-state index in [-0.39, 0.29) is 11.8 Å². The molecule has 0 radical (unpaired) electrons. The second-order valence-corrected chi connectivity index (χ2v) is 6.25. The summed E-state index contributed by atoms with van der Waals surface area (Å²) in [4.78, 5) is 24.9. The molecule has 24 heavy (non-hydrogen) atoms. The first-order chi connectivity index (χ1) is 11.4. The lowest BCUT2D eigenvalue weighted by Crippen LogP contribution is -2.07. The summed E-state index contributed by atoms with van der Waals surface area (Å²) in [7, 11) is 1.37. The van der Waals surface area contributed by atoms with Crippen molar-refractivity contribution in [1.82, 2.24) is 0 Å². The summed E-state index contributed by atoms with van der Waals surface area (Å²) in [5.41, 5.74) is 6.83. The van der Waals surface area contributed by atoms with Crippen LogP contribution in [0.2, 0.25) is 0 Å². The Labute approximate surface area is 142 Å². The lowest BCUT2D eigenvalue weighted by molar-refractivity contribution is 0.0599. The largest absolute Gasteiger partial charge is 0.465 e. The third-order valence-electron chi connectivity index (χ3n) is 4.75. The molecule has 3 nitrogen and oxygen atoms in total. The van der Waals surface area contributed by atoms with Crippen LogP contribution in [-0.2, 0) is 11.2 Å². The van der Waals surface area contributed by atoms with E-state index < -0.39 is 0 Å². The number of carbonyl (C=O) groups is 2. The lowest BCUT2D eigenvalue weighted by Gasteiger charge is -2.08. The molecule has 0 saturated carbocycles. The van der Waals surface area contributed by atoms with Gasteiger partial charge in [-0.15, -0.1) is 0 Å². The van der Waals surface area contributed by atoms with Crippen molar-refractivity contribution >= 4 is 17.8 Å². The van der Waals surface area contributed by atoms with Crippen LogP contribution in [0, 0.1) is 20.8 Å². The standard InChI is InChI=1S/C21H20O3/c1-12-8-9-16-11-17(20(22)19(16)14(12)3)10-15-7-5-6-13(2)18(15)21(23)24-4/h5-10H,11H2,1-4H3/b17-10+. The van der Waals surface area contributed by atoms with Crippen LogP contribution in [0.25, 0.3) is 6.08 Å². The molecular formula is C21H20O3. The molecule has 0 saturated heterocycles. The van der Waals surface area contributed by atoms with Crippen molar-refractivity contribution in [2.24, 2.45) is 0 Å². The van der Waals surface area contributed by atoms with E-state index in [1.165, 1.54) is 7.11 Å². The number of Topliss-reactive ketones (excluding diaryl/α,β-unsaturated/α-hetero) is 1. The smallest absolute Gasteiger partial charge is 0.338 e. The Morgan fingerprint density at radius 2 is 1.83 bits per heavy atom. The van der Waals surface area contributed by atoms with E-state index in [9.17, 15) is 9.59 Å². The highest BCUT2D eigenvalue weighted by molar-refractivity contribution is 6.17. The number of fused-ring (bicyclic) bond motifs is 1. The van der Waals surface area contributed by atoms with Crippen LogP contribution < -0.4 is 0 Å². The average Bonchev–Trinajstić information content (AvgIpc) is 2.87. The fourth-order valence-corrected chi connectivity index (χ4v) is 3.28. The lowest BCUT2D eigenvalue weighted by atomic mass is 9.98. The second-order valence-electron chi connectivity index (χ2n) is 6.25. The number of ether oxygens (including phenoxy) is 1. The van der Waals surface area contributed by atoms with E-state index in [4.69, 9.17) is 4.74 Å². The molecule has 0 atom stereocenters. The summed E-state index contributed by atoms with van der Waals surface area (Å²) in [6.45, 7) is 5.87. The number of hydrogen-bond acceptors (Lipinski definition) is 3. The van der Waals surface area contributed by atoms with Gasteiger partial charge in [-0.2, -0.15) is 0 Å². The van der Waals surface area contributed by atoms with Crippen LogP contribution in [0.15, 0.2) is 35.9 Å². The van der Waals surface area contributed by atoms with Gasteiger partial charge in [0.2, 0.25) is 0 Å². The first-order valence-electron chi connectivity index (χ1n) is 7.96. The summed E-state index contributed by atoms with van der Waals surface area (Å²) in [6.07, 6.45) is 2.43. The van der Waals surface area contributed by atoms with Gasteiger partial charge in [0.15, 0.2) is 5.78 Å². The van der Waals surface area contributed by atoms with Gasteiger partial charge in [-0.3, -0.25) is 4.79 Å². The number of ketones is 1. The number of allylic oxidation sites excluding steroid dienone is 1. The topological polar surface area (TPSA) is 43.4 Å². The number of rotatable bonds is 2. The maximum atomic E-state index is 12.8. The second kappa shape index (κ2) is 6.08. The molecule has 0 bridgehead atoms. The predicted molar refractivity (Wildman–Crippen MR) is 94.4 cm³/mol. The van der Waals surface area contributed by atoms with Crippen LogP contribution in [0.3, 0.4) is 0 Å². The van der Waals surface area contributed by atoms with Gasteiger partial charge in [0, 0.05) is 17.6 Å². The summed E-state index contributed by atoms with van der Waals surface area (Å²) >= 11 is 0. The van der Waals surface area contributed by atoms with Gasteiger partial charge in [0.1, 0.15) is 0 Å². The van der Waals surface area contributed by atoms with E-state index in [2.05, 4.69) is 6.07 Å². The minimum atomic E-state index is -0.380. The molecule has 0 N–H and O–H groups in total. The Morgan fingerprint density at radius 3 is 2.54 bits per heavy atom. The molecule has 0 aliphatic heterocycles. The zero-order valence-corrected chi connectivity index (χ0v) is 14.4. The van der Waals surface area contributed by atoms with Crippen molar-refractivity contribution in [3.63, 3.8) is 0 Å². The quantitative estimate of drug-likeness (QED) is 0.614. The van der Waals surface area contributed by atoms with Crippen molar-refractivity contribution in [2.45, 2.75) is 27.2 Å². The maximum absolute atomic E-state index is 12.8. The van der Waals surface area contributed by atoms with Gasteiger partial charge in [-0.05, 0) is 54.7 Å². The number of hydrogen-bond donors (Lipinski definition) is 0. The van der Waals surface area contributed by atoms with Gasteiger partial charge < -0.3 is 4.74 Å². The van der Waals surface area contributed by atoms with Crippen LogP contribution in [0.5, 0.6) is 0 Å². The molecule has 2 aromatic rings. The van der Waals surface area contributed by atoms with E-state index in [0.29, 0.717) is 12.0 Å². The van der Waals surface area contributed by atoms with Crippen molar-refractivity contribution in [3.05, 3.63) is 74.8 Å². The molecule has 0 spiro atoms. The normalized spacial score (nSPS) is 14.8. The summed E-state index contributed by atoms with van der Waals surface area (Å²) in [6, 6.07) is 9.68. The van der Waals surface area contributed by atoms with Crippen molar-refractivity contribution in [3.8, 4) is 0 Å². The molecule has 1 aliphatic rings. The van der Waals surface area contributed by atoms with E-state index in [1.54, 1.807) is 0 Å². The Kier molecular flexibility index (Phi) is 4.10. The fraction of sp³-hybridized carbons (Fsp3) is 0.238. The minimum absolute atomic E-state index is 0.0588. The number of methoxy groups -OCH3 is 1. The van der Waals surface area contributed by atoms with Gasteiger partial charge >= 0.3 is 5.97 Å². The highest BCUT2D eigenvalue weighted by Gasteiger charge is 2.27. The number of carbonyl (C=O) groups excluding carboxylic acids is 2. The Bertz CT molecular complexity index is 888. The fourth-order valence-electron chi connectivity index (χ4n) is 3.28. The molecule has 122 valence electrons. The third kappa shape index (κ3) is 2.56. The SMILES string of the molecule is COC(=O)c1c(C)cccc1/C=C1\Cc2ccc(C)c(C)c2C1=O. The molecule has 1 aliphatic carbocycles. The molecule has 0 heterocycles. The Morgan fingerprint density at radius 1 is 1.08 bits per heavy atom. The van der Waals surface area contributed by atoms with Crippen molar-refractivity contribution in [1.29, 1.82) is 0 Å². The van der Waals surface area contributed by atoms with Gasteiger partial charge in [0.25, 0.3) is 0 Å². The zero-order valence-electron chi connectivity index (χ0n) is 14.4. The third-order valence-corrected chi connectivity index (χ3v) is 4.75. The molecule has 0 fully saturated rings. The minimum Gasteiger partial charge on any atom is -0.465 e. The molecule has 0 aromatic heterocycles. The van der Waals surface area contributed by atoms with Crippen molar-refractivity contribution in [2.75, 3.05) is 7.11 Å². The number of esters is 1. The average molecular weight is 320 g/mol. The number of benzene rings is 2. The first kappa shape index (κ1) is 16.2. The predicted octanol–water partition coefficient (Wildman–Crippen LogP) is 4.22. The van der Waals surface area contributed by atoms with Crippen LogP contribution >= 0.6 is 0 Å². The summed E-state index contributed by atoms with van der Waals surface area (Å²) in [5.74, 6) is -0.321. The zero-order chi connectivity index (χ0) is 17.4. The summed E-state index contributed by atoms with van der Waals surface area (Å²) in [5, 5.41) is 0. The van der Waals surface area contributed by atoms with E-state index in [1.807, 2.05) is 51.1 Å².